The minimum Gasteiger partial charge on any atom is -0.492 e. The van der Waals surface area contributed by atoms with Crippen LogP contribution in [0.1, 0.15) is 218 Å². The minimum atomic E-state index is -0.0762. The predicted octanol–water partition coefficient (Wildman–Crippen LogP) is 16.4. The second-order valence-corrected chi connectivity index (χ2v) is 17.4. The maximum atomic E-state index is 11.2. The van der Waals surface area contributed by atoms with Crippen molar-refractivity contribution in [1.82, 2.24) is 0 Å². The van der Waals surface area contributed by atoms with Crippen LogP contribution >= 0.6 is 0 Å². The predicted molar refractivity (Wildman–Crippen MR) is 253 cm³/mol. The molecule has 0 bridgehead atoms. The van der Waals surface area contributed by atoms with Crippen molar-refractivity contribution in [3.8, 4) is 11.5 Å². The molecule has 3 aromatic carbocycles. The molecular formula is C54H86O6. The number of hydrogen-bond donors (Lipinski definition) is 0. The standard InChI is InChI=1S/C54H86O6/c1-57-51(55)43-31-27-23-19-15-11-7-3-5-9-13-17-21-25-29-37-45-59-53-47-39-33-35-41-49(47)54(50-42-36-34-40-48(50)53)60-46-38-30-26-22-18-14-10-6-4-8-12-16-20-24-28-32-44-52(56)58-2/h33-36,39-42H,3-32,37-38,43-46H2,1-2H3. The quantitative estimate of drug-likeness (QED) is 0.0323. The van der Waals surface area contributed by atoms with Crippen LogP contribution in [0.4, 0.5) is 0 Å². The smallest absolute Gasteiger partial charge is 0.305 e. The Morgan fingerprint density at radius 1 is 0.317 bits per heavy atom. The summed E-state index contributed by atoms with van der Waals surface area (Å²) in [6, 6.07) is 17.3. The molecule has 0 saturated carbocycles. The van der Waals surface area contributed by atoms with Gasteiger partial charge < -0.3 is 18.9 Å². The van der Waals surface area contributed by atoms with E-state index in [0.29, 0.717) is 12.8 Å². The maximum Gasteiger partial charge on any atom is 0.305 e. The van der Waals surface area contributed by atoms with Crippen LogP contribution in [0.5, 0.6) is 11.5 Å². The lowest BCUT2D eigenvalue weighted by molar-refractivity contribution is -0.141. The van der Waals surface area contributed by atoms with Gasteiger partial charge in [0.05, 0.1) is 27.4 Å². The zero-order valence-electron chi connectivity index (χ0n) is 38.5. The van der Waals surface area contributed by atoms with E-state index >= 15 is 0 Å². The minimum absolute atomic E-state index is 0.0762. The second-order valence-electron chi connectivity index (χ2n) is 17.4. The highest BCUT2D eigenvalue weighted by atomic mass is 16.5. The molecule has 0 N–H and O–H groups in total. The number of rotatable bonds is 40. The van der Waals surface area contributed by atoms with Gasteiger partial charge in [0.1, 0.15) is 11.5 Å². The summed E-state index contributed by atoms with van der Waals surface area (Å²) < 4.78 is 22.6. The largest absolute Gasteiger partial charge is 0.492 e. The van der Waals surface area contributed by atoms with Crippen LogP contribution in [-0.4, -0.2) is 39.4 Å². The number of hydrogen-bond acceptors (Lipinski definition) is 6. The van der Waals surface area contributed by atoms with Crippen LogP contribution in [0.25, 0.3) is 21.5 Å². The molecule has 6 heteroatoms. The number of carbonyl (C=O) groups excluding carboxylic acids is 2. The molecule has 0 aliphatic carbocycles. The Hall–Kier alpha value is -3.28. The number of carbonyl (C=O) groups is 2. The number of ether oxygens (including phenoxy) is 4. The Morgan fingerprint density at radius 2 is 0.517 bits per heavy atom. The van der Waals surface area contributed by atoms with Crippen LogP contribution < -0.4 is 9.47 Å². The Balaban J connectivity index is 1.20. The Morgan fingerprint density at radius 3 is 0.733 bits per heavy atom. The van der Waals surface area contributed by atoms with Gasteiger partial charge >= 0.3 is 11.9 Å². The Labute approximate surface area is 366 Å². The first-order valence-corrected chi connectivity index (χ1v) is 25.0. The second kappa shape index (κ2) is 35.3. The monoisotopic (exact) mass is 831 g/mol. The Kier molecular flexibility index (Phi) is 30.1. The van der Waals surface area contributed by atoms with E-state index in [1.807, 2.05) is 0 Å². The third-order valence-electron chi connectivity index (χ3n) is 12.3. The highest BCUT2D eigenvalue weighted by Crippen LogP contribution is 2.43. The molecule has 60 heavy (non-hydrogen) atoms. The van der Waals surface area contributed by atoms with Gasteiger partial charge in [0.25, 0.3) is 0 Å². The van der Waals surface area contributed by atoms with E-state index in [9.17, 15) is 9.59 Å². The average Bonchev–Trinajstić information content (AvgIpc) is 3.27. The van der Waals surface area contributed by atoms with Gasteiger partial charge in [-0.25, -0.2) is 0 Å². The van der Waals surface area contributed by atoms with Crippen molar-refractivity contribution >= 4 is 33.5 Å². The molecule has 0 spiro atoms. The molecule has 6 nitrogen and oxygen atoms in total. The molecular weight excluding hydrogens is 745 g/mol. The molecule has 3 aromatic rings. The summed E-state index contributed by atoms with van der Waals surface area (Å²) in [5.74, 6) is 1.86. The summed E-state index contributed by atoms with van der Waals surface area (Å²) in [6.07, 6.45) is 42.2. The van der Waals surface area contributed by atoms with Gasteiger partial charge in [0.15, 0.2) is 0 Å². The van der Waals surface area contributed by atoms with Crippen LogP contribution in [-0.2, 0) is 19.1 Å². The summed E-state index contributed by atoms with van der Waals surface area (Å²) in [5, 5.41) is 4.62. The van der Waals surface area contributed by atoms with E-state index < -0.39 is 0 Å². The Bertz CT molecular complexity index is 1350. The topological polar surface area (TPSA) is 71.1 Å². The van der Waals surface area contributed by atoms with Crippen LogP contribution in [0, 0.1) is 0 Å². The van der Waals surface area contributed by atoms with E-state index in [1.54, 1.807) is 0 Å². The third-order valence-corrected chi connectivity index (χ3v) is 12.3. The highest BCUT2D eigenvalue weighted by molar-refractivity contribution is 6.11. The molecule has 0 amide bonds. The summed E-state index contributed by atoms with van der Waals surface area (Å²) in [7, 11) is 2.94. The van der Waals surface area contributed by atoms with Crippen LogP contribution in [0.15, 0.2) is 48.5 Å². The molecule has 0 unspecified atom stereocenters. The van der Waals surface area contributed by atoms with Crippen molar-refractivity contribution in [3.63, 3.8) is 0 Å². The van der Waals surface area contributed by atoms with E-state index in [0.717, 1.165) is 84.8 Å². The summed E-state index contributed by atoms with van der Waals surface area (Å²) in [5.41, 5.74) is 0. The fraction of sp³-hybridized carbons (Fsp3) is 0.704. The molecule has 0 aromatic heterocycles. The third kappa shape index (κ3) is 23.1. The van der Waals surface area contributed by atoms with Crippen molar-refractivity contribution in [1.29, 1.82) is 0 Å². The SMILES string of the molecule is COC(=O)CCCCCCCCCCCCCCCCCCOc1c2ccccc2c(OCCCCCCCCCCCCCCCCCCC(=O)OC)c2ccccc12. The van der Waals surface area contributed by atoms with Crippen molar-refractivity contribution < 1.29 is 28.5 Å². The van der Waals surface area contributed by atoms with E-state index in [1.165, 1.54) is 181 Å². The van der Waals surface area contributed by atoms with Gasteiger partial charge in [-0.05, 0) is 25.7 Å². The fourth-order valence-electron chi connectivity index (χ4n) is 8.60. The van der Waals surface area contributed by atoms with E-state index in [4.69, 9.17) is 18.9 Å². The van der Waals surface area contributed by atoms with Gasteiger partial charge in [-0.2, -0.15) is 0 Å². The highest BCUT2D eigenvalue weighted by Gasteiger charge is 2.16. The van der Waals surface area contributed by atoms with Gasteiger partial charge in [-0.1, -0.05) is 228 Å². The van der Waals surface area contributed by atoms with Crippen molar-refractivity contribution in [2.45, 2.75) is 218 Å². The van der Waals surface area contributed by atoms with Crippen LogP contribution in [0.3, 0.4) is 0 Å². The van der Waals surface area contributed by atoms with Crippen molar-refractivity contribution in [3.05, 3.63) is 48.5 Å². The molecule has 0 aliphatic rings. The lowest BCUT2D eigenvalue weighted by Crippen LogP contribution is -2.02. The molecule has 3 rings (SSSR count). The summed E-state index contributed by atoms with van der Waals surface area (Å²) >= 11 is 0. The number of fused-ring (bicyclic) bond motifs is 2. The number of methoxy groups -OCH3 is 2. The normalized spacial score (nSPS) is 11.4. The van der Waals surface area contributed by atoms with Gasteiger partial charge in [-0.15, -0.1) is 0 Å². The van der Waals surface area contributed by atoms with Gasteiger partial charge in [0, 0.05) is 34.4 Å². The first kappa shape index (κ1) is 51.1. The molecule has 0 fully saturated rings. The molecule has 0 saturated heterocycles. The summed E-state index contributed by atoms with van der Waals surface area (Å²) in [4.78, 5) is 22.3. The van der Waals surface area contributed by atoms with Crippen molar-refractivity contribution in [2.75, 3.05) is 27.4 Å². The fourth-order valence-corrected chi connectivity index (χ4v) is 8.60. The van der Waals surface area contributed by atoms with Gasteiger partial charge in [-0.3, -0.25) is 9.59 Å². The number of unbranched alkanes of at least 4 members (excludes halogenated alkanes) is 30. The first-order valence-electron chi connectivity index (χ1n) is 25.0. The van der Waals surface area contributed by atoms with E-state index in [2.05, 4.69) is 48.5 Å². The average molecular weight is 831 g/mol. The summed E-state index contributed by atoms with van der Waals surface area (Å²) in [6.45, 7) is 1.51. The van der Waals surface area contributed by atoms with Crippen molar-refractivity contribution in [2.24, 2.45) is 0 Å². The molecule has 0 atom stereocenters. The number of benzene rings is 3. The number of esters is 2. The lowest BCUT2D eigenvalue weighted by atomic mass is 10.0. The molecule has 0 heterocycles. The molecule has 0 aliphatic heterocycles. The lowest BCUT2D eigenvalue weighted by Gasteiger charge is -2.18. The molecule has 338 valence electrons. The zero-order valence-corrected chi connectivity index (χ0v) is 38.5. The molecule has 0 radical (unpaired) electrons. The van der Waals surface area contributed by atoms with E-state index in [-0.39, 0.29) is 11.9 Å². The maximum absolute atomic E-state index is 11.2. The van der Waals surface area contributed by atoms with Crippen LogP contribution in [0.2, 0.25) is 0 Å². The zero-order chi connectivity index (χ0) is 42.6. The first-order chi connectivity index (χ1) is 29.7. The van der Waals surface area contributed by atoms with Gasteiger partial charge in [0.2, 0.25) is 0 Å².